The minimum Gasteiger partial charge on any atom is -0.414 e. The number of rotatable bonds is 4. The highest BCUT2D eigenvalue weighted by Gasteiger charge is 2.66. The van der Waals surface area contributed by atoms with E-state index in [4.69, 9.17) is 13.9 Å². The molecule has 1 aliphatic heterocycles. The molecule has 0 radical (unpaired) electrons. The van der Waals surface area contributed by atoms with Crippen molar-refractivity contribution in [2.24, 2.45) is 28.6 Å². The maximum atomic E-state index is 11.5. The number of allylic oxidation sites excluding steroid dienone is 1. The average molecular weight is 465 g/mol. The second-order valence-electron chi connectivity index (χ2n) is 13.3. The molecular formula is C27H48O4Si. The van der Waals surface area contributed by atoms with E-state index >= 15 is 0 Å². The summed E-state index contributed by atoms with van der Waals surface area (Å²) < 4.78 is 19.2. The Labute approximate surface area is 197 Å². The van der Waals surface area contributed by atoms with Crippen LogP contribution in [0.2, 0.25) is 18.1 Å². The Morgan fingerprint density at radius 3 is 2.19 bits per heavy atom. The average Bonchev–Trinajstić information content (AvgIpc) is 3.29. The van der Waals surface area contributed by atoms with Crippen LogP contribution in [0.4, 0.5) is 0 Å². The van der Waals surface area contributed by atoms with Crippen molar-refractivity contribution in [1.29, 1.82) is 0 Å². The van der Waals surface area contributed by atoms with Gasteiger partial charge in [-0.3, -0.25) is 0 Å². The van der Waals surface area contributed by atoms with Gasteiger partial charge in [0.25, 0.3) is 0 Å². The third-order valence-corrected chi connectivity index (χ3v) is 15.3. The minimum absolute atomic E-state index is 0.0445. The molecule has 1 heterocycles. The Morgan fingerprint density at radius 1 is 1.00 bits per heavy atom. The van der Waals surface area contributed by atoms with Crippen molar-refractivity contribution in [2.75, 3.05) is 13.2 Å². The van der Waals surface area contributed by atoms with Gasteiger partial charge < -0.3 is 19.0 Å². The van der Waals surface area contributed by atoms with E-state index in [1.807, 2.05) is 0 Å². The van der Waals surface area contributed by atoms with Gasteiger partial charge in [-0.2, -0.15) is 0 Å². The number of aliphatic hydroxyl groups excluding tert-OH is 1. The van der Waals surface area contributed by atoms with Gasteiger partial charge in [0.1, 0.15) is 0 Å². The number of aliphatic hydroxyl groups is 1. The molecule has 3 saturated carbocycles. The summed E-state index contributed by atoms with van der Waals surface area (Å²) in [5.41, 5.74) is -0.0383. The summed E-state index contributed by atoms with van der Waals surface area (Å²) in [6, 6.07) is 0. The molecule has 5 heteroatoms. The molecule has 0 aromatic rings. The summed E-state index contributed by atoms with van der Waals surface area (Å²) in [4.78, 5) is 0. The number of hydrogen-bond donors (Lipinski definition) is 1. The van der Waals surface area contributed by atoms with Crippen LogP contribution < -0.4 is 0 Å². The molecule has 0 aromatic carbocycles. The Kier molecular flexibility index (Phi) is 6.37. The maximum absolute atomic E-state index is 11.5. The fraction of sp³-hybridized carbons (Fsp3) is 0.926. The van der Waals surface area contributed by atoms with E-state index in [0.717, 1.165) is 58.2 Å². The number of hydrogen-bond acceptors (Lipinski definition) is 4. The standard InChI is InChI=1S/C27H48O4Si/c1-9-20-21(11-14-26(6)22(20)12-15-27(26)29-16-17-30-27)25(5)13-10-19(18-23(25)28)31-32(7,8)24(2,3)4/h9,19-23,28H,1,10-18H2,2-8H3/t19-,20+,21?,22?,23-,25+,26-/m0/s1. The highest BCUT2D eigenvalue weighted by molar-refractivity contribution is 6.74. The molecule has 4 fully saturated rings. The van der Waals surface area contributed by atoms with Crippen LogP contribution in [0.1, 0.15) is 79.6 Å². The van der Waals surface area contributed by atoms with Gasteiger partial charge in [0.05, 0.1) is 19.3 Å². The molecule has 1 saturated heterocycles. The zero-order chi connectivity index (χ0) is 23.6. The van der Waals surface area contributed by atoms with Crippen LogP contribution in [0.15, 0.2) is 12.7 Å². The summed E-state index contributed by atoms with van der Waals surface area (Å²) in [5, 5.41) is 11.7. The predicted octanol–water partition coefficient (Wildman–Crippen LogP) is 6.30. The molecule has 2 unspecified atom stereocenters. The first-order valence-electron chi connectivity index (χ1n) is 13.1. The lowest BCUT2D eigenvalue weighted by Crippen LogP contribution is -2.56. The quantitative estimate of drug-likeness (QED) is 0.392. The van der Waals surface area contributed by atoms with Crippen molar-refractivity contribution < 1.29 is 19.0 Å². The fourth-order valence-electron chi connectivity index (χ4n) is 7.59. The summed E-state index contributed by atoms with van der Waals surface area (Å²) in [6.45, 7) is 22.0. The summed E-state index contributed by atoms with van der Waals surface area (Å²) >= 11 is 0. The molecule has 3 aliphatic carbocycles. The summed E-state index contributed by atoms with van der Waals surface area (Å²) in [7, 11) is -1.83. The van der Waals surface area contributed by atoms with E-state index < -0.39 is 14.1 Å². The minimum atomic E-state index is -1.83. The van der Waals surface area contributed by atoms with E-state index in [1.54, 1.807) is 0 Å². The van der Waals surface area contributed by atoms with Crippen LogP contribution in [0.3, 0.4) is 0 Å². The third-order valence-electron chi connectivity index (χ3n) is 10.8. The topological polar surface area (TPSA) is 47.9 Å². The van der Waals surface area contributed by atoms with E-state index in [-0.39, 0.29) is 28.1 Å². The van der Waals surface area contributed by atoms with Gasteiger partial charge in [-0.15, -0.1) is 6.58 Å². The normalized spacial score (nSPS) is 44.6. The van der Waals surface area contributed by atoms with Gasteiger partial charge in [0, 0.05) is 17.9 Å². The predicted molar refractivity (Wildman–Crippen MR) is 132 cm³/mol. The molecule has 184 valence electrons. The highest BCUT2D eigenvalue weighted by Crippen LogP contribution is 2.66. The van der Waals surface area contributed by atoms with Crippen molar-refractivity contribution in [3.05, 3.63) is 12.7 Å². The SMILES string of the molecule is C=C[C@H]1C2CCC3(OCCO3)[C@@]2(C)CCC1[C@@]1(C)CC[C@H](O[Si](C)(C)C(C)(C)C)C[C@@H]1O. The van der Waals surface area contributed by atoms with Crippen molar-refractivity contribution in [3.63, 3.8) is 0 Å². The van der Waals surface area contributed by atoms with Gasteiger partial charge in [0.15, 0.2) is 14.1 Å². The molecule has 4 nitrogen and oxygen atoms in total. The molecule has 0 bridgehead atoms. The Bertz CT molecular complexity index is 709. The first kappa shape index (κ1) is 24.9. The van der Waals surface area contributed by atoms with E-state index in [9.17, 15) is 5.11 Å². The lowest BCUT2D eigenvalue weighted by molar-refractivity contribution is -0.242. The van der Waals surface area contributed by atoms with Crippen LogP contribution in [0.25, 0.3) is 0 Å². The maximum Gasteiger partial charge on any atom is 0.192 e. The highest BCUT2D eigenvalue weighted by atomic mass is 28.4. The molecule has 1 spiro atoms. The Morgan fingerprint density at radius 2 is 1.62 bits per heavy atom. The largest absolute Gasteiger partial charge is 0.414 e. The zero-order valence-electron chi connectivity index (χ0n) is 21.7. The number of fused-ring (bicyclic) bond motifs is 2. The lowest BCUT2D eigenvalue weighted by Gasteiger charge is -2.57. The van der Waals surface area contributed by atoms with Crippen molar-refractivity contribution in [1.82, 2.24) is 0 Å². The van der Waals surface area contributed by atoms with Crippen LogP contribution in [0.5, 0.6) is 0 Å². The molecule has 4 aliphatic rings. The van der Waals surface area contributed by atoms with E-state index in [0.29, 0.717) is 17.8 Å². The van der Waals surface area contributed by atoms with E-state index in [1.165, 1.54) is 0 Å². The lowest BCUT2D eigenvalue weighted by atomic mass is 9.50. The molecule has 32 heavy (non-hydrogen) atoms. The Balaban J connectivity index is 1.50. The van der Waals surface area contributed by atoms with Crippen LogP contribution >= 0.6 is 0 Å². The Hall–Kier alpha value is -0.203. The van der Waals surface area contributed by atoms with Gasteiger partial charge in [-0.25, -0.2) is 0 Å². The second-order valence-corrected chi connectivity index (χ2v) is 18.0. The molecule has 1 N–H and O–H groups in total. The van der Waals surface area contributed by atoms with Crippen LogP contribution in [-0.2, 0) is 13.9 Å². The van der Waals surface area contributed by atoms with Crippen LogP contribution in [-0.4, -0.2) is 44.6 Å². The second kappa shape index (κ2) is 8.19. The van der Waals surface area contributed by atoms with E-state index in [2.05, 4.69) is 60.4 Å². The third kappa shape index (κ3) is 3.69. The molecule has 4 rings (SSSR count). The van der Waals surface area contributed by atoms with Gasteiger partial charge >= 0.3 is 0 Å². The van der Waals surface area contributed by atoms with Crippen LogP contribution in [0, 0.1) is 28.6 Å². The van der Waals surface area contributed by atoms with Crippen molar-refractivity contribution in [2.45, 2.75) is 116 Å². The monoisotopic (exact) mass is 464 g/mol. The van der Waals surface area contributed by atoms with Gasteiger partial charge in [0.2, 0.25) is 0 Å². The molecular weight excluding hydrogens is 416 g/mol. The summed E-state index contributed by atoms with van der Waals surface area (Å²) in [6.07, 6.45) is 9.27. The molecule has 7 atom stereocenters. The molecule has 0 amide bonds. The fourth-order valence-corrected chi connectivity index (χ4v) is 8.99. The van der Waals surface area contributed by atoms with Crippen molar-refractivity contribution in [3.8, 4) is 0 Å². The van der Waals surface area contributed by atoms with Gasteiger partial charge in [-0.05, 0) is 79.8 Å². The van der Waals surface area contributed by atoms with Crippen molar-refractivity contribution >= 4 is 8.32 Å². The number of ether oxygens (including phenoxy) is 2. The first-order valence-corrected chi connectivity index (χ1v) is 16.0. The van der Waals surface area contributed by atoms with Gasteiger partial charge in [-0.1, -0.05) is 40.7 Å². The smallest absolute Gasteiger partial charge is 0.192 e. The first-order chi connectivity index (χ1) is 14.8. The molecule has 0 aromatic heterocycles. The summed E-state index contributed by atoms with van der Waals surface area (Å²) in [5.74, 6) is 0.983. The zero-order valence-corrected chi connectivity index (χ0v) is 22.7.